The van der Waals surface area contributed by atoms with Gasteiger partial charge in [-0.05, 0) is 60.4 Å². The van der Waals surface area contributed by atoms with Crippen molar-refractivity contribution in [1.82, 2.24) is 10.3 Å². The fourth-order valence-corrected chi connectivity index (χ4v) is 3.26. The average molecular weight is 360 g/mol. The maximum absolute atomic E-state index is 5.89. The fourth-order valence-electron chi connectivity index (χ4n) is 3.26. The van der Waals surface area contributed by atoms with E-state index in [4.69, 9.17) is 9.47 Å². The monoisotopic (exact) mass is 360 g/mol. The van der Waals surface area contributed by atoms with E-state index in [1.165, 1.54) is 11.1 Å². The van der Waals surface area contributed by atoms with E-state index in [2.05, 4.69) is 34.6 Å². The van der Waals surface area contributed by atoms with E-state index in [1.807, 2.05) is 42.5 Å². The highest BCUT2D eigenvalue weighted by atomic mass is 16.5. The molecule has 1 fully saturated rings. The molecule has 138 valence electrons. The van der Waals surface area contributed by atoms with Gasteiger partial charge in [-0.3, -0.25) is 4.98 Å². The molecular weight excluding hydrogens is 336 g/mol. The molecule has 0 aliphatic heterocycles. The Morgan fingerprint density at radius 2 is 1.81 bits per heavy atom. The highest BCUT2D eigenvalue weighted by Crippen LogP contribution is 2.46. The maximum Gasteiger partial charge on any atom is 0.130 e. The van der Waals surface area contributed by atoms with Gasteiger partial charge >= 0.3 is 0 Å². The van der Waals surface area contributed by atoms with Gasteiger partial charge in [-0.2, -0.15) is 0 Å². The van der Waals surface area contributed by atoms with Crippen LogP contribution in [0.5, 0.6) is 11.5 Å². The molecule has 0 radical (unpaired) electrons. The van der Waals surface area contributed by atoms with Gasteiger partial charge in [-0.25, -0.2) is 0 Å². The minimum Gasteiger partial charge on any atom is -0.497 e. The molecule has 1 N–H and O–H groups in total. The van der Waals surface area contributed by atoms with E-state index < -0.39 is 0 Å². The van der Waals surface area contributed by atoms with Gasteiger partial charge in [0.1, 0.15) is 18.1 Å². The van der Waals surface area contributed by atoms with Gasteiger partial charge in [-0.1, -0.05) is 30.3 Å². The molecule has 0 bridgehead atoms. The molecule has 3 aromatic rings. The second kappa shape index (κ2) is 7.80. The Morgan fingerprint density at radius 1 is 0.963 bits per heavy atom. The summed E-state index contributed by atoms with van der Waals surface area (Å²) in [5.74, 6) is 1.77. The third-order valence-electron chi connectivity index (χ3n) is 5.03. The molecule has 1 heterocycles. The Balaban J connectivity index is 1.37. The molecular formula is C23H24N2O2. The Bertz CT molecular complexity index is 874. The third kappa shape index (κ3) is 4.29. The van der Waals surface area contributed by atoms with Gasteiger partial charge in [0, 0.05) is 18.3 Å². The molecule has 1 aromatic heterocycles. The summed E-state index contributed by atoms with van der Waals surface area (Å²) in [6, 6.07) is 22.5. The second-order valence-electron chi connectivity index (χ2n) is 6.92. The van der Waals surface area contributed by atoms with Gasteiger partial charge in [-0.15, -0.1) is 0 Å². The zero-order chi connectivity index (χ0) is 18.5. The van der Waals surface area contributed by atoms with Crippen molar-refractivity contribution in [3.8, 4) is 11.5 Å². The molecule has 4 heteroatoms. The Hall–Kier alpha value is -2.85. The summed E-state index contributed by atoms with van der Waals surface area (Å²) in [7, 11) is 1.70. The Kier molecular flexibility index (Phi) is 5.07. The molecule has 0 amide bonds. The summed E-state index contributed by atoms with van der Waals surface area (Å²) in [5, 5.41) is 3.73. The van der Waals surface area contributed by atoms with Gasteiger partial charge in [0.05, 0.1) is 12.8 Å². The summed E-state index contributed by atoms with van der Waals surface area (Å²) in [5.41, 5.74) is 3.56. The molecule has 1 aliphatic rings. The van der Waals surface area contributed by atoms with E-state index in [0.29, 0.717) is 6.61 Å². The normalized spacial score (nSPS) is 14.6. The SMILES string of the molecule is COc1ccc(C2(NCc3cccc(OCc4ccccn4)c3)CC2)cc1. The van der Waals surface area contributed by atoms with Crippen LogP contribution in [0.25, 0.3) is 0 Å². The van der Waals surface area contributed by atoms with Gasteiger partial charge in [0.25, 0.3) is 0 Å². The number of hydrogen-bond donors (Lipinski definition) is 1. The van der Waals surface area contributed by atoms with E-state index >= 15 is 0 Å². The number of aromatic nitrogens is 1. The minimum absolute atomic E-state index is 0.0943. The van der Waals surface area contributed by atoms with E-state index in [0.717, 1.165) is 36.6 Å². The van der Waals surface area contributed by atoms with Crippen LogP contribution in [-0.2, 0) is 18.7 Å². The number of nitrogens with one attached hydrogen (secondary N) is 1. The second-order valence-corrected chi connectivity index (χ2v) is 6.92. The first kappa shape index (κ1) is 17.6. The van der Waals surface area contributed by atoms with Crippen molar-refractivity contribution in [1.29, 1.82) is 0 Å². The van der Waals surface area contributed by atoms with Crippen LogP contribution in [-0.4, -0.2) is 12.1 Å². The van der Waals surface area contributed by atoms with Crippen molar-refractivity contribution >= 4 is 0 Å². The minimum atomic E-state index is 0.0943. The van der Waals surface area contributed by atoms with Crippen molar-refractivity contribution in [2.24, 2.45) is 0 Å². The number of methoxy groups -OCH3 is 1. The predicted molar refractivity (Wildman–Crippen MR) is 106 cm³/mol. The first-order chi connectivity index (χ1) is 13.3. The largest absolute Gasteiger partial charge is 0.497 e. The van der Waals surface area contributed by atoms with Crippen molar-refractivity contribution in [3.05, 3.63) is 89.7 Å². The topological polar surface area (TPSA) is 43.4 Å². The number of hydrogen-bond acceptors (Lipinski definition) is 4. The van der Waals surface area contributed by atoms with Crippen LogP contribution >= 0.6 is 0 Å². The zero-order valence-electron chi connectivity index (χ0n) is 15.5. The maximum atomic E-state index is 5.89. The lowest BCUT2D eigenvalue weighted by Gasteiger charge is -2.19. The van der Waals surface area contributed by atoms with Crippen molar-refractivity contribution < 1.29 is 9.47 Å². The molecule has 4 rings (SSSR count). The highest BCUT2D eigenvalue weighted by molar-refractivity contribution is 5.36. The smallest absolute Gasteiger partial charge is 0.130 e. The van der Waals surface area contributed by atoms with Gasteiger partial charge in [0.2, 0.25) is 0 Å². The lowest BCUT2D eigenvalue weighted by atomic mass is 10.0. The molecule has 2 aromatic carbocycles. The molecule has 1 aliphatic carbocycles. The molecule has 4 nitrogen and oxygen atoms in total. The van der Waals surface area contributed by atoms with Crippen LogP contribution in [0.3, 0.4) is 0 Å². The quantitative estimate of drug-likeness (QED) is 0.645. The average Bonchev–Trinajstić information content (AvgIpc) is 3.53. The molecule has 0 spiro atoms. The van der Waals surface area contributed by atoms with Crippen LogP contribution in [0, 0.1) is 0 Å². The van der Waals surface area contributed by atoms with Crippen LogP contribution in [0.15, 0.2) is 72.9 Å². The summed E-state index contributed by atoms with van der Waals surface area (Å²) < 4.78 is 11.1. The van der Waals surface area contributed by atoms with Crippen molar-refractivity contribution in [2.45, 2.75) is 31.5 Å². The molecule has 1 saturated carbocycles. The summed E-state index contributed by atoms with van der Waals surface area (Å²) in [6.07, 6.45) is 4.11. The molecule has 27 heavy (non-hydrogen) atoms. The van der Waals surface area contributed by atoms with Crippen molar-refractivity contribution in [3.63, 3.8) is 0 Å². The van der Waals surface area contributed by atoms with E-state index in [1.54, 1.807) is 13.3 Å². The lowest BCUT2D eigenvalue weighted by molar-refractivity contribution is 0.301. The number of benzene rings is 2. The first-order valence-corrected chi connectivity index (χ1v) is 9.29. The summed E-state index contributed by atoms with van der Waals surface area (Å²) in [4.78, 5) is 4.29. The predicted octanol–water partition coefficient (Wildman–Crippen LogP) is 4.45. The summed E-state index contributed by atoms with van der Waals surface area (Å²) >= 11 is 0. The zero-order valence-corrected chi connectivity index (χ0v) is 15.5. The number of ether oxygens (including phenoxy) is 2. The lowest BCUT2D eigenvalue weighted by Crippen LogP contribution is -2.28. The fraction of sp³-hybridized carbons (Fsp3) is 0.261. The first-order valence-electron chi connectivity index (χ1n) is 9.29. The van der Waals surface area contributed by atoms with Crippen LogP contribution in [0.1, 0.15) is 29.7 Å². The molecule has 0 atom stereocenters. The Morgan fingerprint density at radius 3 is 2.52 bits per heavy atom. The van der Waals surface area contributed by atoms with E-state index in [9.17, 15) is 0 Å². The molecule has 0 unspecified atom stereocenters. The van der Waals surface area contributed by atoms with Crippen LogP contribution < -0.4 is 14.8 Å². The third-order valence-corrected chi connectivity index (χ3v) is 5.03. The van der Waals surface area contributed by atoms with Crippen LogP contribution in [0.4, 0.5) is 0 Å². The standard InChI is InChI=1S/C23H24N2O2/c1-26-21-10-8-19(9-11-21)23(12-13-23)25-16-18-5-4-7-22(15-18)27-17-20-6-2-3-14-24-20/h2-11,14-15,25H,12-13,16-17H2,1H3. The number of rotatable bonds is 8. The number of nitrogens with zero attached hydrogens (tertiary/aromatic N) is 1. The Labute approximate surface area is 160 Å². The van der Waals surface area contributed by atoms with Crippen molar-refractivity contribution in [2.75, 3.05) is 7.11 Å². The number of pyridine rings is 1. The van der Waals surface area contributed by atoms with E-state index in [-0.39, 0.29) is 5.54 Å². The molecule has 0 saturated heterocycles. The highest BCUT2D eigenvalue weighted by Gasteiger charge is 2.43. The van der Waals surface area contributed by atoms with Gasteiger partial charge < -0.3 is 14.8 Å². The summed E-state index contributed by atoms with van der Waals surface area (Å²) in [6.45, 7) is 1.29. The van der Waals surface area contributed by atoms with Gasteiger partial charge in [0.15, 0.2) is 0 Å². The van der Waals surface area contributed by atoms with Crippen LogP contribution in [0.2, 0.25) is 0 Å².